The van der Waals surface area contributed by atoms with Gasteiger partial charge >= 0.3 is 0 Å². The van der Waals surface area contributed by atoms with E-state index < -0.39 is 0 Å². The molecule has 53 valence electrons. The Morgan fingerprint density at radius 1 is 1.30 bits per heavy atom. The van der Waals surface area contributed by atoms with E-state index in [1.165, 1.54) is 5.56 Å². The molecule has 0 aliphatic heterocycles. The fraction of sp³-hybridized carbons (Fsp3) is 0.250. The van der Waals surface area contributed by atoms with E-state index in [1.807, 2.05) is 25.2 Å². The summed E-state index contributed by atoms with van der Waals surface area (Å²) in [6, 6.07) is 10.1. The molecule has 0 aromatic heterocycles. The first-order chi connectivity index (χ1) is 4.93. The summed E-state index contributed by atoms with van der Waals surface area (Å²) in [6.07, 6.45) is 0. The molecule has 0 fully saturated rings. The summed E-state index contributed by atoms with van der Waals surface area (Å²) in [7, 11) is 1.81. The monoisotopic (exact) mass is 135 g/mol. The molecule has 0 unspecified atom stereocenters. The number of hydrogen-bond donors (Lipinski definition) is 1. The van der Waals surface area contributed by atoms with Gasteiger partial charge in [0.2, 0.25) is 0 Å². The molecule has 10 heavy (non-hydrogen) atoms. The molecule has 0 saturated heterocycles. The molecule has 2 nitrogen and oxygen atoms in total. The van der Waals surface area contributed by atoms with Gasteiger partial charge in [-0.25, -0.2) is 5.43 Å². The average molecular weight is 135 g/mol. The molecule has 2 heteroatoms. The molecule has 0 heterocycles. The van der Waals surface area contributed by atoms with Gasteiger partial charge in [0.05, 0.1) is 6.54 Å². The van der Waals surface area contributed by atoms with Crippen LogP contribution in [0.4, 0.5) is 0 Å². The van der Waals surface area contributed by atoms with E-state index in [0.717, 1.165) is 6.54 Å². The van der Waals surface area contributed by atoms with Crippen molar-refractivity contribution in [2.24, 2.45) is 0 Å². The molecule has 0 saturated carbocycles. The second-order valence-corrected chi connectivity index (χ2v) is 2.03. The largest absolute Gasteiger partial charge is 0.243 e. The minimum Gasteiger partial charge on any atom is -0.243 e. The zero-order valence-corrected chi connectivity index (χ0v) is 6.04. The van der Waals surface area contributed by atoms with Gasteiger partial charge in [-0.1, -0.05) is 30.3 Å². The van der Waals surface area contributed by atoms with Crippen molar-refractivity contribution in [1.82, 2.24) is 10.9 Å². The van der Waals surface area contributed by atoms with Crippen LogP contribution in [0.3, 0.4) is 0 Å². The smallest absolute Gasteiger partial charge is 0.0554 e. The zero-order chi connectivity index (χ0) is 7.23. The lowest BCUT2D eigenvalue weighted by atomic mass is 10.2. The highest BCUT2D eigenvalue weighted by Crippen LogP contribution is 1.96. The standard InChI is InChI=1S/C8H11N2/c1-9-10-7-8-5-3-2-4-6-8/h2-6,9H,7H2,1H3. The molecular weight excluding hydrogens is 124 g/mol. The van der Waals surface area contributed by atoms with Crippen LogP contribution >= 0.6 is 0 Å². The van der Waals surface area contributed by atoms with Crippen molar-refractivity contribution in [3.05, 3.63) is 35.9 Å². The predicted octanol–water partition coefficient (Wildman–Crippen LogP) is 0.925. The van der Waals surface area contributed by atoms with E-state index in [-0.39, 0.29) is 0 Å². The lowest BCUT2D eigenvalue weighted by Crippen LogP contribution is -2.18. The van der Waals surface area contributed by atoms with Crippen molar-refractivity contribution in [3.8, 4) is 0 Å². The predicted molar refractivity (Wildman–Crippen MR) is 41.3 cm³/mol. The highest BCUT2D eigenvalue weighted by Gasteiger charge is 1.87. The van der Waals surface area contributed by atoms with Gasteiger partial charge in [0.1, 0.15) is 0 Å². The molecule has 0 atom stereocenters. The first kappa shape index (κ1) is 7.25. The summed E-state index contributed by atoms with van der Waals surface area (Å²) >= 11 is 0. The van der Waals surface area contributed by atoms with Crippen LogP contribution in [0.2, 0.25) is 0 Å². The highest BCUT2D eigenvalue weighted by atomic mass is 15.3. The van der Waals surface area contributed by atoms with Gasteiger partial charge in [-0.15, -0.1) is 0 Å². The van der Waals surface area contributed by atoms with Crippen LogP contribution in [-0.2, 0) is 6.54 Å². The third-order valence-corrected chi connectivity index (χ3v) is 1.26. The summed E-state index contributed by atoms with van der Waals surface area (Å²) in [6.45, 7) is 0.747. The van der Waals surface area contributed by atoms with E-state index in [4.69, 9.17) is 0 Å². The average Bonchev–Trinajstić information content (AvgIpc) is 2.03. The van der Waals surface area contributed by atoms with Crippen LogP contribution in [-0.4, -0.2) is 7.05 Å². The van der Waals surface area contributed by atoms with E-state index in [2.05, 4.69) is 23.0 Å². The van der Waals surface area contributed by atoms with E-state index in [1.54, 1.807) is 0 Å². The minimum atomic E-state index is 0.747. The lowest BCUT2D eigenvalue weighted by molar-refractivity contribution is 0.581. The summed E-state index contributed by atoms with van der Waals surface area (Å²) in [5, 5.41) is 0. The van der Waals surface area contributed by atoms with Crippen LogP contribution in [0.15, 0.2) is 30.3 Å². The van der Waals surface area contributed by atoms with Gasteiger partial charge in [-0.2, -0.15) is 5.43 Å². The molecule has 1 aromatic rings. The second-order valence-electron chi connectivity index (χ2n) is 2.03. The highest BCUT2D eigenvalue weighted by molar-refractivity contribution is 5.13. The number of hydrogen-bond acceptors (Lipinski definition) is 1. The maximum Gasteiger partial charge on any atom is 0.0554 e. The molecule has 0 spiro atoms. The maximum atomic E-state index is 3.99. The van der Waals surface area contributed by atoms with E-state index >= 15 is 0 Å². The number of nitrogens with one attached hydrogen (secondary N) is 1. The first-order valence-corrected chi connectivity index (χ1v) is 3.30. The topological polar surface area (TPSA) is 26.1 Å². The van der Waals surface area contributed by atoms with Gasteiger partial charge in [0.15, 0.2) is 0 Å². The van der Waals surface area contributed by atoms with Gasteiger partial charge in [0.25, 0.3) is 0 Å². The summed E-state index contributed by atoms with van der Waals surface area (Å²) in [4.78, 5) is 0. The Labute approximate surface area is 61.2 Å². The third kappa shape index (κ3) is 2.17. The second kappa shape index (κ2) is 4.04. The van der Waals surface area contributed by atoms with Crippen molar-refractivity contribution in [2.75, 3.05) is 7.05 Å². The first-order valence-electron chi connectivity index (χ1n) is 3.30. The van der Waals surface area contributed by atoms with Crippen LogP contribution in [0.1, 0.15) is 5.56 Å². The van der Waals surface area contributed by atoms with Crippen molar-refractivity contribution in [2.45, 2.75) is 6.54 Å². The molecule has 0 amide bonds. The van der Waals surface area contributed by atoms with Crippen molar-refractivity contribution in [1.29, 1.82) is 0 Å². The minimum absolute atomic E-state index is 0.747. The summed E-state index contributed by atoms with van der Waals surface area (Å²) in [5.41, 5.74) is 7.97. The maximum absolute atomic E-state index is 3.99. The Kier molecular flexibility index (Phi) is 2.93. The Bertz CT molecular complexity index is 172. The number of benzene rings is 1. The fourth-order valence-corrected chi connectivity index (χ4v) is 0.754. The molecule has 1 N–H and O–H groups in total. The molecule has 0 bridgehead atoms. The van der Waals surface area contributed by atoms with Crippen molar-refractivity contribution in [3.63, 3.8) is 0 Å². The van der Waals surface area contributed by atoms with Crippen LogP contribution in [0.25, 0.3) is 0 Å². The SMILES string of the molecule is CN[N]Cc1ccccc1. The Morgan fingerprint density at radius 3 is 2.60 bits per heavy atom. The van der Waals surface area contributed by atoms with Gasteiger partial charge in [-0.05, 0) is 5.56 Å². The zero-order valence-electron chi connectivity index (χ0n) is 6.04. The molecular formula is C8H11N2. The van der Waals surface area contributed by atoms with Crippen LogP contribution < -0.4 is 10.9 Å². The molecule has 0 aliphatic rings. The third-order valence-electron chi connectivity index (χ3n) is 1.26. The van der Waals surface area contributed by atoms with Crippen LogP contribution in [0, 0.1) is 0 Å². The molecule has 1 aromatic carbocycles. The molecule has 1 rings (SSSR count). The quantitative estimate of drug-likeness (QED) is 0.613. The molecule has 0 aliphatic carbocycles. The van der Waals surface area contributed by atoms with Gasteiger partial charge < -0.3 is 0 Å². The van der Waals surface area contributed by atoms with Gasteiger partial charge in [0, 0.05) is 7.05 Å². The van der Waals surface area contributed by atoms with Crippen molar-refractivity contribution < 1.29 is 0 Å². The van der Waals surface area contributed by atoms with E-state index in [9.17, 15) is 0 Å². The Morgan fingerprint density at radius 2 is 2.00 bits per heavy atom. The Hall–Kier alpha value is -0.860. The van der Waals surface area contributed by atoms with Crippen molar-refractivity contribution >= 4 is 0 Å². The summed E-state index contributed by atoms with van der Waals surface area (Å²) < 4.78 is 0. The van der Waals surface area contributed by atoms with Crippen LogP contribution in [0.5, 0.6) is 0 Å². The summed E-state index contributed by atoms with van der Waals surface area (Å²) in [5.74, 6) is 0. The fourth-order valence-electron chi connectivity index (χ4n) is 0.754. The van der Waals surface area contributed by atoms with Gasteiger partial charge in [-0.3, -0.25) is 0 Å². The molecule has 1 radical (unpaired) electrons. The lowest BCUT2D eigenvalue weighted by Gasteiger charge is -1.97. The normalized spacial score (nSPS) is 9.70. The van der Waals surface area contributed by atoms with E-state index in [0.29, 0.717) is 0 Å². The Balaban J connectivity index is 2.43. The number of rotatable bonds is 3. The number of nitrogens with zero attached hydrogens (tertiary/aromatic N) is 1.